The van der Waals surface area contributed by atoms with E-state index < -0.39 is 16.4 Å². The molecule has 7 nitrogen and oxygen atoms in total. The normalized spacial score (nSPS) is 13.1. The van der Waals surface area contributed by atoms with E-state index in [4.69, 9.17) is 4.74 Å². The Labute approximate surface area is 149 Å². The Morgan fingerprint density at radius 1 is 1.35 bits per heavy atom. The summed E-state index contributed by atoms with van der Waals surface area (Å²) < 4.78 is 18.5. The number of benzene rings is 2. The average Bonchev–Trinajstić information content (AvgIpc) is 2.65. The van der Waals surface area contributed by atoms with Crippen LogP contribution in [0.25, 0.3) is 0 Å². The van der Waals surface area contributed by atoms with Crippen molar-refractivity contribution in [1.82, 2.24) is 4.90 Å². The molecule has 2 aromatic rings. The highest BCUT2D eigenvalue weighted by atomic mass is 19.1. The lowest BCUT2D eigenvalue weighted by Gasteiger charge is -2.29. The van der Waals surface area contributed by atoms with Gasteiger partial charge in [0, 0.05) is 19.2 Å². The van der Waals surface area contributed by atoms with Crippen molar-refractivity contribution in [2.75, 3.05) is 25.5 Å². The van der Waals surface area contributed by atoms with E-state index in [9.17, 15) is 19.3 Å². The summed E-state index contributed by atoms with van der Waals surface area (Å²) in [5.74, 6) is -1.14. The number of ether oxygens (including phenoxy) is 1. The van der Waals surface area contributed by atoms with E-state index in [1.807, 2.05) is 24.3 Å². The van der Waals surface area contributed by atoms with Gasteiger partial charge in [-0.3, -0.25) is 14.9 Å². The van der Waals surface area contributed by atoms with Crippen LogP contribution in [0.1, 0.15) is 11.1 Å². The molecule has 1 N–H and O–H groups in total. The quantitative estimate of drug-likeness (QED) is 0.655. The van der Waals surface area contributed by atoms with Crippen LogP contribution in [-0.4, -0.2) is 35.9 Å². The number of amides is 1. The van der Waals surface area contributed by atoms with E-state index >= 15 is 0 Å². The molecular formula is C18H18FN3O4. The lowest BCUT2D eigenvalue weighted by Crippen LogP contribution is -2.39. The molecule has 0 bridgehead atoms. The van der Waals surface area contributed by atoms with Crippen LogP contribution in [0.5, 0.6) is 5.75 Å². The Balaban J connectivity index is 1.71. The van der Waals surface area contributed by atoms with Crippen LogP contribution in [0.3, 0.4) is 0 Å². The van der Waals surface area contributed by atoms with Gasteiger partial charge in [0.2, 0.25) is 5.91 Å². The zero-order chi connectivity index (χ0) is 18.7. The van der Waals surface area contributed by atoms with E-state index in [0.717, 1.165) is 18.1 Å². The summed E-state index contributed by atoms with van der Waals surface area (Å²) in [5, 5.41) is 13.9. The standard InChI is InChI=1S/C18H18FN3O4/c1-26-17-9-15(16(22(24)25)8-14(17)19)20-10-18(23)21-7-6-12-4-2-3-5-13(12)11-21/h2-5,8-9,20H,6-7,10-11H2,1H3. The SMILES string of the molecule is COc1cc(NCC(=O)N2CCc3ccccc3C2)c([N+](=O)[O-])cc1F. The molecule has 0 atom stereocenters. The van der Waals surface area contributed by atoms with Gasteiger partial charge in [-0.1, -0.05) is 24.3 Å². The highest BCUT2D eigenvalue weighted by Gasteiger charge is 2.23. The van der Waals surface area contributed by atoms with Crippen molar-refractivity contribution in [3.05, 3.63) is 63.5 Å². The maximum atomic E-state index is 13.7. The highest BCUT2D eigenvalue weighted by Crippen LogP contribution is 2.31. The summed E-state index contributed by atoms with van der Waals surface area (Å²) in [5.41, 5.74) is 1.92. The largest absolute Gasteiger partial charge is 0.494 e. The summed E-state index contributed by atoms with van der Waals surface area (Å²) in [6, 6.07) is 9.90. The molecule has 2 aromatic carbocycles. The minimum Gasteiger partial charge on any atom is -0.494 e. The fourth-order valence-electron chi connectivity index (χ4n) is 2.98. The zero-order valence-electron chi connectivity index (χ0n) is 14.2. The zero-order valence-corrected chi connectivity index (χ0v) is 14.2. The van der Waals surface area contributed by atoms with Crippen molar-refractivity contribution >= 4 is 17.3 Å². The van der Waals surface area contributed by atoms with Gasteiger partial charge in [0.15, 0.2) is 11.6 Å². The van der Waals surface area contributed by atoms with Crippen LogP contribution < -0.4 is 10.1 Å². The number of carbonyl (C=O) groups is 1. The summed E-state index contributed by atoms with van der Waals surface area (Å²) >= 11 is 0. The number of rotatable bonds is 5. The second kappa shape index (κ2) is 7.38. The van der Waals surface area contributed by atoms with E-state index in [-0.39, 0.29) is 23.9 Å². The van der Waals surface area contributed by atoms with E-state index in [1.54, 1.807) is 4.90 Å². The summed E-state index contributed by atoms with van der Waals surface area (Å²) in [7, 11) is 1.27. The third kappa shape index (κ3) is 3.58. The monoisotopic (exact) mass is 359 g/mol. The first-order chi connectivity index (χ1) is 12.5. The van der Waals surface area contributed by atoms with Gasteiger partial charge in [0.05, 0.1) is 24.6 Å². The molecule has 3 rings (SSSR count). The van der Waals surface area contributed by atoms with Crippen LogP contribution in [0.4, 0.5) is 15.8 Å². The molecule has 0 radical (unpaired) electrons. The summed E-state index contributed by atoms with van der Waals surface area (Å²) in [6.07, 6.45) is 0.770. The van der Waals surface area contributed by atoms with Crippen LogP contribution in [0, 0.1) is 15.9 Å². The Morgan fingerprint density at radius 2 is 2.08 bits per heavy atom. The Morgan fingerprint density at radius 3 is 2.77 bits per heavy atom. The maximum absolute atomic E-state index is 13.7. The number of nitrogens with zero attached hydrogens (tertiary/aromatic N) is 2. The van der Waals surface area contributed by atoms with Crippen LogP contribution in [-0.2, 0) is 17.8 Å². The van der Waals surface area contributed by atoms with Gasteiger partial charge in [0.1, 0.15) is 5.69 Å². The first-order valence-electron chi connectivity index (χ1n) is 8.10. The van der Waals surface area contributed by atoms with Crippen molar-refractivity contribution in [3.8, 4) is 5.75 Å². The second-order valence-corrected chi connectivity index (χ2v) is 5.95. The van der Waals surface area contributed by atoms with Crippen molar-refractivity contribution < 1.29 is 18.8 Å². The number of hydrogen-bond donors (Lipinski definition) is 1. The number of halogens is 1. The summed E-state index contributed by atoms with van der Waals surface area (Å²) in [4.78, 5) is 24.6. The molecule has 26 heavy (non-hydrogen) atoms. The van der Waals surface area contributed by atoms with Gasteiger partial charge < -0.3 is 15.0 Å². The number of nitrogens with one attached hydrogen (secondary N) is 1. The molecule has 136 valence electrons. The third-order valence-corrected chi connectivity index (χ3v) is 4.38. The molecule has 8 heteroatoms. The fraction of sp³-hybridized carbons (Fsp3) is 0.278. The van der Waals surface area contributed by atoms with Crippen LogP contribution in [0.15, 0.2) is 36.4 Å². The van der Waals surface area contributed by atoms with Gasteiger partial charge in [-0.15, -0.1) is 0 Å². The molecule has 1 heterocycles. The minimum absolute atomic E-state index is 0.0407. The fourth-order valence-corrected chi connectivity index (χ4v) is 2.98. The van der Waals surface area contributed by atoms with Crippen molar-refractivity contribution in [2.45, 2.75) is 13.0 Å². The highest BCUT2D eigenvalue weighted by molar-refractivity contribution is 5.82. The van der Waals surface area contributed by atoms with Crippen molar-refractivity contribution in [3.63, 3.8) is 0 Å². The number of hydrogen-bond acceptors (Lipinski definition) is 5. The number of anilines is 1. The maximum Gasteiger partial charge on any atom is 0.295 e. The molecule has 1 aliphatic rings. The van der Waals surface area contributed by atoms with Crippen LogP contribution in [0.2, 0.25) is 0 Å². The molecule has 0 saturated heterocycles. The molecule has 0 spiro atoms. The van der Waals surface area contributed by atoms with Gasteiger partial charge >= 0.3 is 0 Å². The molecule has 0 fully saturated rings. The minimum atomic E-state index is -0.830. The Hall–Kier alpha value is -3.16. The van der Waals surface area contributed by atoms with Gasteiger partial charge in [-0.2, -0.15) is 0 Å². The number of methoxy groups -OCH3 is 1. The van der Waals surface area contributed by atoms with Crippen molar-refractivity contribution in [2.24, 2.45) is 0 Å². The number of nitro benzene ring substituents is 1. The predicted octanol–water partition coefficient (Wildman–Crippen LogP) is 2.74. The molecule has 1 aliphatic heterocycles. The van der Waals surface area contributed by atoms with Crippen molar-refractivity contribution in [1.29, 1.82) is 0 Å². The predicted molar refractivity (Wildman–Crippen MR) is 93.7 cm³/mol. The first-order valence-corrected chi connectivity index (χ1v) is 8.10. The molecule has 1 amide bonds. The average molecular weight is 359 g/mol. The third-order valence-electron chi connectivity index (χ3n) is 4.38. The second-order valence-electron chi connectivity index (χ2n) is 5.95. The number of nitro groups is 1. The van der Waals surface area contributed by atoms with E-state index in [2.05, 4.69) is 5.32 Å². The molecule has 0 aromatic heterocycles. The van der Waals surface area contributed by atoms with Gasteiger partial charge in [-0.25, -0.2) is 4.39 Å². The smallest absolute Gasteiger partial charge is 0.295 e. The van der Waals surface area contributed by atoms with Crippen LogP contribution >= 0.6 is 0 Å². The molecule has 0 aliphatic carbocycles. The molecule has 0 unspecified atom stereocenters. The van der Waals surface area contributed by atoms with E-state index in [0.29, 0.717) is 13.1 Å². The first kappa shape index (κ1) is 17.7. The number of fused-ring (bicyclic) bond motifs is 1. The summed E-state index contributed by atoms with van der Waals surface area (Å²) in [6.45, 7) is 0.968. The Kier molecular flexibility index (Phi) is 5.01. The molecular weight excluding hydrogens is 341 g/mol. The topological polar surface area (TPSA) is 84.7 Å². The van der Waals surface area contributed by atoms with Gasteiger partial charge in [-0.05, 0) is 17.5 Å². The molecule has 0 saturated carbocycles. The number of carbonyl (C=O) groups excluding carboxylic acids is 1. The van der Waals surface area contributed by atoms with E-state index in [1.165, 1.54) is 18.7 Å². The lowest BCUT2D eigenvalue weighted by atomic mass is 10.00. The van der Waals surface area contributed by atoms with Gasteiger partial charge in [0.25, 0.3) is 5.69 Å². The Bertz CT molecular complexity index is 856. The lowest BCUT2D eigenvalue weighted by molar-refractivity contribution is -0.384.